The zero-order valence-corrected chi connectivity index (χ0v) is 17.3. The first-order chi connectivity index (χ1) is 11.1. The van der Waals surface area contributed by atoms with Crippen LogP contribution in [-0.2, 0) is 4.74 Å². The standard InChI is InChI=1S/C19H28Br2O2/c1-2-3-4-5-6-7-8-9-10-11-14-23-19(22)17-15-16(20)12-13-18(17)21/h12-13,15H,2-11,14H2,1H3. The first-order valence-electron chi connectivity index (χ1n) is 8.77. The molecule has 0 heterocycles. The molecule has 0 radical (unpaired) electrons. The number of carbonyl (C=O) groups excluding carboxylic acids is 1. The summed E-state index contributed by atoms with van der Waals surface area (Å²) >= 11 is 6.76. The van der Waals surface area contributed by atoms with Crippen LogP contribution in [0.15, 0.2) is 27.1 Å². The zero-order valence-electron chi connectivity index (χ0n) is 14.1. The van der Waals surface area contributed by atoms with E-state index in [2.05, 4.69) is 38.8 Å². The van der Waals surface area contributed by atoms with Crippen LogP contribution in [0.25, 0.3) is 0 Å². The molecule has 1 rings (SSSR count). The van der Waals surface area contributed by atoms with E-state index < -0.39 is 0 Å². The second kappa shape index (κ2) is 13.0. The second-order valence-corrected chi connectivity index (χ2v) is 7.71. The van der Waals surface area contributed by atoms with E-state index in [0.717, 1.165) is 21.8 Å². The average Bonchev–Trinajstić information content (AvgIpc) is 2.54. The largest absolute Gasteiger partial charge is 0.462 e. The fourth-order valence-corrected chi connectivity index (χ4v) is 3.26. The van der Waals surface area contributed by atoms with Crippen LogP contribution in [0.3, 0.4) is 0 Å². The van der Waals surface area contributed by atoms with Crippen molar-refractivity contribution in [3.63, 3.8) is 0 Å². The third-order valence-corrected chi connectivity index (χ3v) is 5.06. The van der Waals surface area contributed by atoms with Gasteiger partial charge >= 0.3 is 5.97 Å². The molecular formula is C19H28Br2O2. The molecule has 0 atom stereocenters. The summed E-state index contributed by atoms with van der Waals surface area (Å²) in [7, 11) is 0. The molecule has 0 unspecified atom stereocenters. The van der Waals surface area contributed by atoms with Crippen LogP contribution < -0.4 is 0 Å². The molecule has 0 aliphatic heterocycles. The minimum atomic E-state index is -0.255. The Hall–Kier alpha value is -0.350. The van der Waals surface area contributed by atoms with Gasteiger partial charge in [-0.3, -0.25) is 0 Å². The quantitative estimate of drug-likeness (QED) is 0.248. The van der Waals surface area contributed by atoms with Gasteiger partial charge in [-0.05, 0) is 40.5 Å². The number of hydrogen-bond donors (Lipinski definition) is 0. The molecule has 1 aromatic rings. The van der Waals surface area contributed by atoms with Crippen molar-refractivity contribution in [2.24, 2.45) is 0 Å². The lowest BCUT2D eigenvalue weighted by molar-refractivity contribution is 0.0496. The molecule has 0 bridgehead atoms. The molecule has 1 aromatic carbocycles. The van der Waals surface area contributed by atoms with E-state index in [1.807, 2.05) is 12.1 Å². The molecule has 2 nitrogen and oxygen atoms in total. The normalized spacial score (nSPS) is 10.7. The van der Waals surface area contributed by atoms with Crippen LogP contribution in [0, 0.1) is 0 Å². The minimum absolute atomic E-state index is 0.255. The summed E-state index contributed by atoms with van der Waals surface area (Å²) in [4.78, 5) is 12.0. The molecule has 0 amide bonds. The predicted octanol–water partition coefficient (Wildman–Crippen LogP) is 7.29. The number of rotatable bonds is 12. The van der Waals surface area contributed by atoms with Gasteiger partial charge < -0.3 is 4.74 Å². The Bertz CT molecular complexity index is 461. The number of unbranched alkanes of at least 4 members (excludes halogenated alkanes) is 9. The number of hydrogen-bond acceptors (Lipinski definition) is 2. The Labute approximate surface area is 157 Å². The van der Waals surface area contributed by atoms with Crippen molar-refractivity contribution in [3.8, 4) is 0 Å². The summed E-state index contributed by atoms with van der Waals surface area (Å²) in [5.41, 5.74) is 0.575. The van der Waals surface area contributed by atoms with Crippen molar-refractivity contribution in [2.45, 2.75) is 71.1 Å². The van der Waals surface area contributed by atoms with E-state index >= 15 is 0 Å². The number of benzene rings is 1. The van der Waals surface area contributed by atoms with E-state index in [9.17, 15) is 4.79 Å². The van der Waals surface area contributed by atoms with Crippen molar-refractivity contribution in [1.82, 2.24) is 0 Å². The zero-order chi connectivity index (χ0) is 16.9. The summed E-state index contributed by atoms with van der Waals surface area (Å²) in [5.74, 6) is -0.255. The molecule has 0 spiro atoms. The molecule has 23 heavy (non-hydrogen) atoms. The molecule has 4 heteroatoms. The topological polar surface area (TPSA) is 26.3 Å². The van der Waals surface area contributed by atoms with Crippen molar-refractivity contribution in [3.05, 3.63) is 32.7 Å². The second-order valence-electron chi connectivity index (χ2n) is 5.94. The summed E-state index contributed by atoms with van der Waals surface area (Å²) in [6.07, 6.45) is 12.8. The van der Waals surface area contributed by atoms with Gasteiger partial charge in [-0.2, -0.15) is 0 Å². The lowest BCUT2D eigenvalue weighted by Crippen LogP contribution is -2.07. The van der Waals surface area contributed by atoms with E-state index in [1.165, 1.54) is 51.4 Å². The van der Waals surface area contributed by atoms with Gasteiger partial charge in [0.15, 0.2) is 0 Å². The van der Waals surface area contributed by atoms with Gasteiger partial charge in [0.1, 0.15) is 0 Å². The van der Waals surface area contributed by atoms with Gasteiger partial charge in [0.25, 0.3) is 0 Å². The monoisotopic (exact) mass is 446 g/mol. The fraction of sp³-hybridized carbons (Fsp3) is 0.632. The first-order valence-corrected chi connectivity index (χ1v) is 10.4. The summed E-state index contributed by atoms with van der Waals surface area (Å²) in [6, 6.07) is 5.52. The molecule has 130 valence electrons. The molecule has 0 aromatic heterocycles. The Morgan fingerprint density at radius 2 is 1.48 bits per heavy atom. The van der Waals surface area contributed by atoms with Crippen LogP contribution in [0.1, 0.15) is 81.5 Å². The summed E-state index contributed by atoms with van der Waals surface area (Å²) < 4.78 is 7.00. The summed E-state index contributed by atoms with van der Waals surface area (Å²) in [5, 5.41) is 0. The van der Waals surface area contributed by atoms with Crippen LogP contribution in [0.5, 0.6) is 0 Å². The maximum absolute atomic E-state index is 12.0. The molecule has 0 saturated carbocycles. The van der Waals surface area contributed by atoms with E-state index in [-0.39, 0.29) is 5.97 Å². The van der Waals surface area contributed by atoms with E-state index in [4.69, 9.17) is 4.74 Å². The maximum atomic E-state index is 12.0. The Kier molecular flexibility index (Phi) is 11.7. The third kappa shape index (κ3) is 9.51. The van der Waals surface area contributed by atoms with Gasteiger partial charge in [0, 0.05) is 8.95 Å². The van der Waals surface area contributed by atoms with Gasteiger partial charge in [-0.1, -0.05) is 80.6 Å². The molecule has 0 aliphatic carbocycles. The lowest BCUT2D eigenvalue weighted by atomic mass is 10.1. The first kappa shape index (κ1) is 20.7. The number of halogens is 2. The van der Waals surface area contributed by atoms with Gasteiger partial charge in [0.05, 0.1) is 12.2 Å². The molecule has 0 fully saturated rings. The Morgan fingerprint density at radius 1 is 0.913 bits per heavy atom. The fourth-order valence-electron chi connectivity index (χ4n) is 2.49. The molecular weight excluding hydrogens is 420 g/mol. The number of ether oxygens (including phenoxy) is 1. The highest BCUT2D eigenvalue weighted by Crippen LogP contribution is 2.22. The molecule has 0 saturated heterocycles. The minimum Gasteiger partial charge on any atom is -0.462 e. The average molecular weight is 448 g/mol. The highest BCUT2D eigenvalue weighted by molar-refractivity contribution is 9.11. The van der Waals surface area contributed by atoms with E-state index in [1.54, 1.807) is 6.07 Å². The van der Waals surface area contributed by atoms with Crippen molar-refractivity contribution in [2.75, 3.05) is 6.61 Å². The van der Waals surface area contributed by atoms with Crippen LogP contribution in [0.4, 0.5) is 0 Å². The Morgan fingerprint density at radius 3 is 2.09 bits per heavy atom. The predicted molar refractivity (Wildman–Crippen MR) is 104 cm³/mol. The number of carbonyl (C=O) groups is 1. The smallest absolute Gasteiger partial charge is 0.339 e. The molecule has 0 aliphatic rings. The van der Waals surface area contributed by atoms with Gasteiger partial charge in [-0.15, -0.1) is 0 Å². The lowest BCUT2D eigenvalue weighted by Gasteiger charge is -2.07. The van der Waals surface area contributed by atoms with Crippen LogP contribution in [0.2, 0.25) is 0 Å². The van der Waals surface area contributed by atoms with Crippen LogP contribution in [-0.4, -0.2) is 12.6 Å². The van der Waals surface area contributed by atoms with E-state index in [0.29, 0.717) is 12.2 Å². The van der Waals surface area contributed by atoms with Crippen molar-refractivity contribution < 1.29 is 9.53 Å². The van der Waals surface area contributed by atoms with Crippen molar-refractivity contribution >= 4 is 37.8 Å². The maximum Gasteiger partial charge on any atom is 0.339 e. The summed E-state index contributed by atoms with van der Waals surface area (Å²) in [6.45, 7) is 2.76. The highest BCUT2D eigenvalue weighted by atomic mass is 79.9. The van der Waals surface area contributed by atoms with Crippen molar-refractivity contribution in [1.29, 1.82) is 0 Å². The van der Waals surface area contributed by atoms with Gasteiger partial charge in [0.2, 0.25) is 0 Å². The SMILES string of the molecule is CCCCCCCCCCCCOC(=O)c1cc(Br)ccc1Br. The van der Waals surface area contributed by atoms with Gasteiger partial charge in [-0.25, -0.2) is 4.79 Å². The third-order valence-electron chi connectivity index (χ3n) is 3.88. The van der Waals surface area contributed by atoms with Crippen LogP contribution >= 0.6 is 31.9 Å². The number of esters is 1. The Balaban J connectivity index is 2.02. The highest BCUT2D eigenvalue weighted by Gasteiger charge is 2.11. The molecule has 0 N–H and O–H groups in total.